The Morgan fingerprint density at radius 2 is 1.88 bits per heavy atom. The monoisotopic (exact) mass is 385 g/mol. The molecular formula is C19H16FN3OS2. The van der Waals surface area contributed by atoms with E-state index in [4.69, 9.17) is 0 Å². The number of halogens is 1. The molecule has 2 aliphatic rings. The molecule has 2 heterocycles. The first-order valence-corrected chi connectivity index (χ1v) is 9.80. The molecule has 1 amide bonds. The first kappa shape index (κ1) is 17.2. The molecule has 0 atom stereocenters. The molecule has 0 aromatic heterocycles. The van der Waals surface area contributed by atoms with Crippen LogP contribution in [0.1, 0.15) is 6.92 Å². The van der Waals surface area contributed by atoms with E-state index in [2.05, 4.69) is 4.99 Å². The van der Waals surface area contributed by atoms with Crippen molar-refractivity contribution in [2.24, 2.45) is 4.99 Å². The van der Waals surface area contributed by atoms with Crippen molar-refractivity contribution in [2.75, 3.05) is 18.5 Å². The van der Waals surface area contributed by atoms with Crippen molar-refractivity contribution >= 4 is 46.0 Å². The number of aliphatic imine (C=N–C) groups is 1. The predicted molar refractivity (Wildman–Crippen MR) is 106 cm³/mol. The number of carbonyl (C=O) groups excluding carboxylic acids is 1. The van der Waals surface area contributed by atoms with Gasteiger partial charge in [0.05, 0.1) is 16.4 Å². The maximum absolute atomic E-state index is 13.5. The van der Waals surface area contributed by atoms with Gasteiger partial charge in [0.1, 0.15) is 10.7 Å². The number of thioether (sulfide) groups is 2. The van der Waals surface area contributed by atoms with Gasteiger partial charge < -0.3 is 4.90 Å². The molecule has 0 radical (unpaired) electrons. The number of anilines is 1. The highest BCUT2D eigenvalue weighted by Gasteiger charge is 2.38. The fraction of sp³-hybridized carbons (Fsp3) is 0.158. The highest BCUT2D eigenvalue weighted by atomic mass is 32.2. The van der Waals surface area contributed by atoms with Crippen LogP contribution < -0.4 is 4.90 Å². The number of hydrogen-bond acceptors (Lipinski definition) is 5. The molecule has 4 nitrogen and oxygen atoms in total. The van der Waals surface area contributed by atoms with Crippen molar-refractivity contribution in [3.8, 4) is 0 Å². The number of amides is 1. The summed E-state index contributed by atoms with van der Waals surface area (Å²) in [6.45, 7) is 2.48. The van der Waals surface area contributed by atoms with Gasteiger partial charge in [0.15, 0.2) is 5.17 Å². The van der Waals surface area contributed by atoms with Crippen LogP contribution in [-0.4, -0.2) is 29.6 Å². The van der Waals surface area contributed by atoms with E-state index in [0.29, 0.717) is 16.6 Å². The lowest BCUT2D eigenvalue weighted by Gasteiger charge is -2.15. The van der Waals surface area contributed by atoms with Crippen LogP contribution in [0.5, 0.6) is 0 Å². The number of rotatable bonds is 2. The maximum Gasteiger partial charge on any atom is 0.269 e. The highest BCUT2D eigenvalue weighted by molar-refractivity contribution is 8.19. The van der Waals surface area contributed by atoms with E-state index < -0.39 is 0 Å². The second kappa shape index (κ2) is 6.81. The number of amidine groups is 1. The number of likely N-dealkylation sites (N-methyl/N-ethyl adjacent to an activating group) is 1. The van der Waals surface area contributed by atoms with Crippen molar-refractivity contribution in [3.05, 3.63) is 64.3 Å². The molecule has 2 aromatic carbocycles. The SMILES string of the molecule is CCN1C(=O)/C(=C2\Sc3cc(F)ccc3N2C)S/C1=N\c1ccccc1. The van der Waals surface area contributed by atoms with Gasteiger partial charge in [-0.05, 0) is 49.0 Å². The predicted octanol–water partition coefficient (Wildman–Crippen LogP) is 4.82. The summed E-state index contributed by atoms with van der Waals surface area (Å²) < 4.78 is 13.5. The van der Waals surface area contributed by atoms with Gasteiger partial charge in [0.25, 0.3) is 5.91 Å². The summed E-state index contributed by atoms with van der Waals surface area (Å²) in [6, 6.07) is 14.3. The van der Waals surface area contributed by atoms with E-state index >= 15 is 0 Å². The molecule has 26 heavy (non-hydrogen) atoms. The molecule has 2 aliphatic heterocycles. The lowest BCUT2D eigenvalue weighted by Crippen LogP contribution is -2.29. The van der Waals surface area contributed by atoms with Crippen LogP contribution >= 0.6 is 23.5 Å². The van der Waals surface area contributed by atoms with E-state index in [-0.39, 0.29) is 11.7 Å². The second-order valence-electron chi connectivity index (χ2n) is 5.79. The van der Waals surface area contributed by atoms with Crippen LogP contribution in [0.2, 0.25) is 0 Å². The molecule has 0 saturated carbocycles. The smallest absolute Gasteiger partial charge is 0.269 e. The molecule has 0 N–H and O–H groups in total. The average Bonchev–Trinajstić information content (AvgIpc) is 3.12. The van der Waals surface area contributed by atoms with Gasteiger partial charge in [-0.15, -0.1) is 0 Å². The normalized spacial score (nSPS) is 21.0. The molecular weight excluding hydrogens is 369 g/mol. The minimum atomic E-state index is -0.275. The van der Waals surface area contributed by atoms with Gasteiger partial charge >= 0.3 is 0 Å². The van der Waals surface area contributed by atoms with E-state index in [1.165, 1.54) is 35.7 Å². The molecule has 4 rings (SSSR count). The Balaban J connectivity index is 1.73. The van der Waals surface area contributed by atoms with Crippen molar-refractivity contribution < 1.29 is 9.18 Å². The van der Waals surface area contributed by atoms with Crippen molar-refractivity contribution in [2.45, 2.75) is 11.8 Å². The third-order valence-electron chi connectivity index (χ3n) is 4.15. The van der Waals surface area contributed by atoms with Crippen molar-refractivity contribution in [3.63, 3.8) is 0 Å². The Kier molecular flexibility index (Phi) is 4.50. The molecule has 1 saturated heterocycles. The standard InChI is InChI=1S/C19H16FN3OS2/c1-3-23-17(24)16(26-19(23)21-13-7-5-4-6-8-13)18-22(2)14-10-9-12(20)11-15(14)25-18/h4-11H,3H2,1-2H3/b18-16+,21-19-. The van der Waals surface area contributed by atoms with Gasteiger partial charge in [-0.2, -0.15) is 0 Å². The van der Waals surface area contributed by atoms with Gasteiger partial charge in [-0.25, -0.2) is 9.38 Å². The lowest BCUT2D eigenvalue weighted by molar-refractivity contribution is -0.122. The molecule has 2 aromatic rings. The Bertz CT molecular complexity index is 943. The summed E-state index contributed by atoms with van der Waals surface area (Å²) in [5.74, 6) is -0.336. The maximum atomic E-state index is 13.5. The second-order valence-corrected chi connectivity index (χ2v) is 7.80. The number of para-hydroxylation sites is 1. The van der Waals surface area contributed by atoms with E-state index in [9.17, 15) is 9.18 Å². The number of fused-ring (bicyclic) bond motifs is 1. The fourth-order valence-electron chi connectivity index (χ4n) is 2.84. The summed E-state index contributed by atoms with van der Waals surface area (Å²) in [7, 11) is 1.90. The Hall–Kier alpha value is -2.25. The minimum absolute atomic E-state index is 0.0604. The largest absolute Gasteiger partial charge is 0.337 e. The zero-order chi connectivity index (χ0) is 18.3. The molecule has 0 bridgehead atoms. The number of hydrogen-bond donors (Lipinski definition) is 0. The van der Waals surface area contributed by atoms with Crippen LogP contribution in [0.3, 0.4) is 0 Å². The quantitative estimate of drug-likeness (QED) is 0.695. The topological polar surface area (TPSA) is 35.9 Å². The number of carbonyl (C=O) groups is 1. The van der Waals surface area contributed by atoms with E-state index in [1.807, 2.05) is 49.2 Å². The Morgan fingerprint density at radius 1 is 1.12 bits per heavy atom. The van der Waals surface area contributed by atoms with Crippen molar-refractivity contribution in [1.29, 1.82) is 0 Å². The highest BCUT2D eigenvalue weighted by Crippen LogP contribution is 2.50. The molecule has 1 fully saturated rings. The van der Waals surface area contributed by atoms with Crippen LogP contribution in [0, 0.1) is 5.82 Å². The Morgan fingerprint density at radius 3 is 2.62 bits per heavy atom. The lowest BCUT2D eigenvalue weighted by atomic mass is 10.3. The Labute approximate surface area is 159 Å². The van der Waals surface area contributed by atoms with Gasteiger partial charge in [0.2, 0.25) is 0 Å². The third kappa shape index (κ3) is 2.91. The zero-order valence-electron chi connectivity index (χ0n) is 14.3. The minimum Gasteiger partial charge on any atom is -0.337 e. The molecule has 0 spiro atoms. The average molecular weight is 385 g/mol. The summed E-state index contributed by atoms with van der Waals surface area (Å²) in [6.07, 6.45) is 0. The zero-order valence-corrected chi connectivity index (χ0v) is 15.9. The van der Waals surface area contributed by atoms with Crippen LogP contribution in [0.25, 0.3) is 0 Å². The molecule has 7 heteroatoms. The molecule has 0 unspecified atom stereocenters. The summed E-state index contributed by atoms with van der Waals surface area (Å²) >= 11 is 2.79. The van der Waals surface area contributed by atoms with Gasteiger partial charge in [-0.1, -0.05) is 30.0 Å². The summed E-state index contributed by atoms with van der Waals surface area (Å²) in [5.41, 5.74) is 1.72. The van der Waals surface area contributed by atoms with Crippen LogP contribution in [0.4, 0.5) is 15.8 Å². The van der Waals surface area contributed by atoms with Crippen LogP contribution in [-0.2, 0) is 4.79 Å². The van der Waals surface area contributed by atoms with Crippen LogP contribution in [0.15, 0.2) is 68.4 Å². The first-order chi connectivity index (χ1) is 12.6. The molecule has 132 valence electrons. The summed E-state index contributed by atoms with van der Waals surface area (Å²) in [4.78, 5) is 22.6. The van der Waals surface area contributed by atoms with Gasteiger partial charge in [-0.3, -0.25) is 9.69 Å². The molecule has 0 aliphatic carbocycles. The fourth-order valence-corrected chi connectivity index (χ4v) is 5.27. The van der Waals surface area contributed by atoms with E-state index in [0.717, 1.165) is 21.3 Å². The van der Waals surface area contributed by atoms with E-state index in [1.54, 1.807) is 11.0 Å². The summed E-state index contributed by atoms with van der Waals surface area (Å²) in [5, 5.41) is 1.49. The number of nitrogens with zero attached hydrogens (tertiary/aromatic N) is 3. The van der Waals surface area contributed by atoms with Crippen molar-refractivity contribution in [1.82, 2.24) is 4.90 Å². The van der Waals surface area contributed by atoms with Gasteiger partial charge in [0, 0.05) is 18.5 Å². The first-order valence-electron chi connectivity index (χ1n) is 8.17. The number of benzene rings is 2. The third-order valence-corrected chi connectivity index (χ3v) is 6.56.